The highest BCUT2D eigenvalue weighted by molar-refractivity contribution is 5.82. The molecule has 6 nitrogen and oxygen atoms in total. The van der Waals surface area contributed by atoms with Crippen LogP contribution in [0, 0.1) is 0 Å². The normalized spacial score (nSPS) is 11.1. The Labute approximate surface area is 139 Å². The molecule has 2 aromatic carbocycles. The van der Waals surface area contributed by atoms with Gasteiger partial charge in [0.05, 0.1) is 6.04 Å². The molecule has 1 N–H and O–H groups in total. The van der Waals surface area contributed by atoms with E-state index in [0.29, 0.717) is 17.0 Å². The second-order valence-corrected chi connectivity index (χ2v) is 5.51. The van der Waals surface area contributed by atoms with E-state index >= 15 is 0 Å². The summed E-state index contributed by atoms with van der Waals surface area (Å²) in [5.41, 5.74) is 3.67. The average molecular weight is 316 g/mol. The first-order valence-electron chi connectivity index (χ1n) is 7.70. The number of nitrogens with zero attached hydrogens (tertiary/aromatic N) is 5. The molecule has 0 amide bonds. The van der Waals surface area contributed by atoms with E-state index in [9.17, 15) is 0 Å². The zero-order valence-electron chi connectivity index (χ0n) is 13.2. The smallest absolute Gasteiger partial charge is 0.183 e. The van der Waals surface area contributed by atoms with Crippen molar-refractivity contribution in [2.75, 3.05) is 5.32 Å². The van der Waals surface area contributed by atoms with Crippen LogP contribution < -0.4 is 5.32 Å². The maximum absolute atomic E-state index is 4.37. The first-order valence-corrected chi connectivity index (χ1v) is 7.70. The molecular formula is C18H16N6. The van der Waals surface area contributed by atoms with Crippen molar-refractivity contribution < 1.29 is 0 Å². The number of aryl methyl sites for hydroxylation is 1. The molecule has 0 bridgehead atoms. The van der Waals surface area contributed by atoms with Gasteiger partial charge in [-0.05, 0) is 11.1 Å². The van der Waals surface area contributed by atoms with Crippen LogP contribution in [0.1, 0.15) is 17.2 Å². The van der Waals surface area contributed by atoms with E-state index in [1.165, 1.54) is 6.33 Å². The predicted octanol–water partition coefficient (Wildman–Crippen LogP) is 2.96. The molecule has 6 heteroatoms. The molecule has 0 radical (unpaired) electrons. The second-order valence-electron chi connectivity index (χ2n) is 5.51. The molecule has 0 aliphatic rings. The zero-order valence-corrected chi connectivity index (χ0v) is 13.2. The molecule has 2 aromatic heterocycles. The third kappa shape index (κ3) is 2.58. The standard InChI is InChI=1S/C18H16N6/c1-24-18-16(22-23-24)17(19-12-20-18)21-15(13-8-4-2-5-9-13)14-10-6-3-7-11-14/h2-12,15H,1H3,(H,19,20,21). The van der Waals surface area contributed by atoms with Gasteiger partial charge in [0.25, 0.3) is 0 Å². The van der Waals surface area contributed by atoms with Crippen LogP contribution >= 0.6 is 0 Å². The SMILES string of the molecule is Cn1nnc2c(NC(c3ccccc3)c3ccccc3)ncnc21. The molecule has 4 rings (SSSR count). The number of rotatable bonds is 4. The second kappa shape index (κ2) is 6.08. The lowest BCUT2D eigenvalue weighted by Gasteiger charge is -2.20. The van der Waals surface area contributed by atoms with Crippen LogP contribution in [-0.4, -0.2) is 25.0 Å². The Hall–Kier alpha value is -3.28. The van der Waals surface area contributed by atoms with Gasteiger partial charge in [-0.3, -0.25) is 0 Å². The summed E-state index contributed by atoms with van der Waals surface area (Å²) in [4.78, 5) is 8.61. The largest absolute Gasteiger partial charge is 0.357 e. The molecule has 0 fully saturated rings. The van der Waals surface area contributed by atoms with Gasteiger partial charge in [0, 0.05) is 7.05 Å². The summed E-state index contributed by atoms with van der Waals surface area (Å²) in [5.74, 6) is 0.672. The van der Waals surface area contributed by atoms with Gasteiger partial charge in [0.1, 0.15) is 6.33 Å². The topological polar surface area (TPSA) is 68.5 Å². The lowest BCUT2D eigenvalue weighted by molar-refractivity contribution is 0.729. The zero-order chi connectivity index (χ0) is 16.4. The van der Waals surface area contributed by atoms with Crippen molar-refractivity contribution in [2.45, 2.75) is 6.04 Å². The molecule has 2 heterocycles. The van der Waals surface area contributed by atoms with Gasteiger partial charge in [-0.1, -0.05) is 65.9 Å². The summed E-state index contributed by atoms with van der Waals surface area (Å²) >= 11 is 0. The van der Waals surface area contributed by atoms with Crippen molar-refractivity contribution in [3.8, 4) is 0 Å². The summed E-state index contributed by atoms with van der Waals surface area (Å²) < 4.78 is 1.64. The van der Waals surface area contributed by atoms with Crippen LogP contribution in [0.3, 0.4) is 0 Å². The third-order valence-electron chi connectivity index (χ3n) is 3.94. The summed E-state index contributed by atoms with van der Waals surface area (Å²) in [6.45, 7) is 0. The summed E-state index contributed by atoms with van der Waals surface area (Å²) in [5, 5.41) is 11.7. The third-order valence-corrected chi connectivity index (χ3v) is 3.94. The lowest BCUT2D eigenvalue weighted by Crippen LogP contribution is -2.13. The van der Waals surface area contributed by atoms with Crippen molar-refractivity contribution in [1.82, 2.24) is 25.0 Å². The van der Waals surface area contributed by atoms with Crippen LogP contribution in [0.25, 0.3) is 11.2 Å². The average Bonchev–Trinajstić information content (AvgIpc) is 3.03. The minimum Gasteiger partial charge on any atom is -0.357 e. The van der Waals surface area contributed by atoms with Crippen LogP contribution in [0.4, 0.5) is 5.82 Å². The van der Waals surface area contributed by atoms with E-state index in [1.807, 2.05) is 43.4 Å². The Bertz CT molecular complexity index is 910. The molecule has 0 unspecified atom stereocenters. The molecule has 0 saturated heterocycles. The first kappa shape index (κ1) is 14.3. The summed E-state index contributed by atoms with van der Waals surface area (Å²) in [7, 11) is 1.82. The predicted molar refractivity (Wildman–Crippen MR) is 92.4 cm³/mol. The molecule has 0 saturated carbocycles. The van der Waals surface area contributed by atoms with Crippen molar-refractivity contribution in [3.05, 3.63) is 78.1 Å². The van der Waals surface area contributed by atoms with E-state index in [1.54, 1.807) is 4.68 Å². The molecule has 24 heavy (non-hydrogen) atoms. The lowest BCUT2D eigenvalue weighted by atomic mass is 9.99. The monoisotopic (exact) mass is 316 g/mol. The Kier molecular flexibility index (Phi) is 3.63. The maximum Gasteiger partial charge on any atom is 0.183 e. The van der Waals surface area contributed by atoms with Crippen molar-refractivity contribution in [2.24, 2.45) is 7.05 Å². The van der Waals surface area contributed by atoms with Gasteiger partial charge in [-0.2, -0.15) is 0 Å². The van der Waals surface area contributed by atoms with Crippen molar-refractivity contribution in [3.63, 3.8) is 0 Å². The van der Waals surface area contributed by atoms with Crippen molar-refractivity contribution in [1.29, 1.82) is 0 Å². The number of anilines is 1. The fourth-order valence-electron chi connectivity index (χ4n) is 2.74. The molecule has 0 aliphatic heterocycles. The van der Waals surface area contributed by atoms with Gasteiger partial charge in [-0.15, -0.1) is 5.10 Å². The fraction of sp³-hybridized carbons (Fsp3) is 0.111. The number of fused-ring (bicyclic) bond motifs is 1. The van der Waals surface area contributed by atoms with E-state index in [2.05, 4.69) is 49.9 Å². The Balaban J connectivity index is 1.80. The Morgan fingerprint density at radius 2 is 1.50 bits per heavy atom. The van der Waals surface area contributed by atoms with Crippen LogP contribution in [-0.2, 0) is 7.05 Å². The van der Waals surface area contributed by atoms with Gasteiger partial charge in [-0.25, -0.2) is 14.6 Å². The number of benzene rings is 2. The van der Waals surface area contributed by atoms with Gasteiger partial charge >= 0.3 is 0 Å². The highest BCUT2D eigenvalue weighted by Gasteiger charge is 2.17. The Morgan fingerprint density at radius 1 is 0.875 bits per heavy atom. The van der Waals surface area contributed by atoms with E-state index in [4.69, 9.17) is 0 Å². The molecule has 0 spiro atoms. The molecule has 0 aliphatic carbocycles. The van der Waals surface area contributed by atoms with Gasteiger partial charge in [0.15, 0.2) is 17.0 Å². The van der Waals surface area contributed by atoms with Crippen LogP contribution in [0.2, 0.25) is 0 Å². The summed E-state index contributed by atoms with van der Waals surface area (Å²) in [6.07, 6.45) is 1.53. The quantitative estimate of drug-likeness (QED) is 0.627. The number of nitrogens with one attached hydrogen (secondary N) is 1. The minimum absolute atomic E-state index is 0.0347. The Morgan fingerprint density at radius 3 is 2.12 bits per heavy atom. The number of aromatic nitrogens is 5. The van der Waals surface area contributed by atoms with Gasteiger partial charge < -0.3 is 5.32 Å². The molecule has 0 atom stereocenters. The number of hydrogen-bond acceptors (Lipinski definition) is 5. The highest BCUT2D eigenvalue weighted by atomic mass is 15.4. The van der Waals surface area contributed by atoms with Crippen LogP contribution in [0.15, 0.2) is 67.0 Å². The van der Waals surface area contributed by atoms with E-state index < -0.39 is 0 Å². The van der Waals surface area contributed by atoms with E-state index in [0.717, 1.165) is 11.1 Å². The molecule has 4 aromatic rings. The van der Waals surface area contributed by atoms with Crippen molar-refractivity contribution >= 4 is 17.0 Å². The molecule has 118 valence electrons. The van der Waals surface area contributed by atoms with Gasteiger partial charge in [0.2, 0.25) is 0 Å². The first-order chi connectivity index (χ1) is 11.8. The number of hydrogen-bond donors (Lipinski definition) is 1. The molecular weight excluding hydrogens is 300 g/mol. The van der Waals surface area contributed by atoms with Crippen LogP contribution in [0.5, 0.6) is 0 Å². The summed E-state index contributed by atoms with van der Waals surface area (Å²) in [6, 6.07) is 20.5. The van der Waals surface area contributed by atoms with E-state index in [-0.39, 0.29) is 6.04 Å². The maximum atomic E-state index is 4.37. The fourth-order valence-corrected chi connectivity index (χ4v) is 2.74. The highest BCUT2D eigenvalue weighted by Crippen LogP contribution is 2.27. The minimum atomic E-state index is -0.0347.